The molecule has 7 heteroatoms. The SMILES string of the molecule is O=C(OCCCNc1ncccc1[N+](=O)[O-])c1ccccc1. The maximum absolute atomic E-state index is 11.7. The molecule has 0 amide bonds. The van der Waals surface area contributed by atoms with Crippen LogP contribution in [0.15, 0.2) is 48.7 Å². The first-order chi connectivity index (χ1) is 10.7. The van der Waals surface area contributed by atoms with Crippen LogP contribution in [0.2, 0.25) is 0 Å². The van der Waals surface area contributed by atoms with Crippen LogP contribution in [0.1, 0.15) is 16.8 Å². The molecule has 1 N–H and O–H groups in total. The molecule has 0 radical (unpaired) electrons. The van der Waals surface area contributed by atoms with E-state index in [0.29, 0.717) is 18.5 Å². The van der Waals surface area contributed by atoms with E-state index in [1.54, 1.807) is 24.3 Å². The largest absolute Gasteiger partial charge is 0.462 e. The lowest BCUT2D eigenvalue weighted by atomic mass is 10.2. The number of anilines is 1. The van der Waals surface area contributed by atoms with E-state index in [4.69, 9.17) is 4.74 Å². The molecule has 2 aromatic rings. The summed E-state index contributed by atoms with van der Waals surface area (Å²) in [6.07, 6.45) is 2.00. The molecule has 0 fully saturated rings. The fourth-order valence-corrected chi connectivity index (χ4v) is 1.78. The minimum Gasteiger partial charge on any atom is -0.462 e. The van der Waals surface area contributed by atoms with Gasteiger partial charge in [-0.05, 0) is 24.6 Å². The van der Waals surface area contributed by atoms with Gasteiger partial charge in [-0.1, -0.05) is 18.2 Å². The predicted molar refractivity (Wildman–Crippen MR) is 80.7 cm³/mol. The summed E-state index contributed by atoms with van der Waals surface area (Å²) in [5, 5.41) is 13.7. The number of ether oxygens (including phenoxy) is 1. The summed E-state index contributed by atoms with van der Waals surface area (Å²) in [4.78, 5) is 25.9. The first kappa shape index (κ1) is 15.4. The van der Waals surface area contributed by atoms with E-state index in [-0.39, 0.29) is 24.1 Å². The molecule has 1 aromatic heterocycles. The molecule has 0 aliphatic carbocycles. The molecule has 2 rings (SSSR count). The molecular formula is C15H15N3O4. The van der Waals surface area contributed by atoms with Crippen LogP contribution >= 0.6 is 0 Å². The number of aromatic nitrogens is 1. The Morgan fingerprint density at radius 1 is 1.23 bits per heavy atom. The smallest absolute Gasteiger partial charge is 0.338 e. The number of nitro groups is 1. The first-order valence-corrected chi connectivity index (χ1v) is 6.74. The quantitative estimate of drug-likeness (QED) is 0.365. The van der Waals surface area contributed by atoms with Gasteiger partial charge in [0.25, 0.3) is 0 Å². The Morgan fingerprint density at radius 2 is 2.00 bits per heavy atom. The topological polar surface area (TPSA) is 94.4 Å². The van der Waals surface area contributed by atoms with Gasteiger partial charge in [0.15, 0.2) is 0 Å². The van der Waals surface area contributed by atoms with Gasteiger partial charge in [0, 0.05) is 18.8 Å². The summed E-state index contributed by atoms with van der Waals surface area (Å²) >= 11 is 0. The summed E-state index contributed by atoms with van der Waals surface area (Å²) < 4.78 is 5.11. The Bertz CT molecular complexity index is 646. The van der Waals surface area contributed by atoms with Gasteiger partial charge in [0.05, 0.1) is 17.1 Å². The van der Waals surface area contributed by atoms with E-state index in [2.05, 4.69) is 10.3 Å². The Hall–Kier alpha value is -2.96. The highest BCUT2D eigenvalue weighted by Crippen LogP contribution is 2.19. The number of benzene rings is 1. The van der Waals surface area contributed by atoms with Crippen molar-refractivity contribution < 1.29 is 14.5 Å². The highest BCUT2D eigenvalue weighted by Gasteiger charge is 2.13. The summed E-state index contributed by atoms with van der Waals surface area (Å²) in [7, 11) is 0. The number of hydrogen-bond acceptors (Lipinski definition) is 6. The van der Waals surface area contributed by atoms with E-state index in [9.17, 15) is 14.9 Å². The molecule has 0 saturated carbocycles. The van der Waals surface area contributed by atoms with Gasteiger partial charge in [-0.3, -0.25) is 10.1 Å². The summed E-state index contributed by atoms with van der Waals surface area (Å²) in [6, 6.07) is 11.6. The number of pyridine rings is 1. The van der Waals surface area contributed by atoms with Crippen molar-refractivity contribution in [1.29, 1.82) is 0 Å². The second-order valence-electron chi connectivity index (χ2n) is 4.41. The van der Waals surface area contributed by atoms with Crippen LogP contribution in [0.5, 0.6) is 0 Å². The monoisotopic (exact) mass is 301 g/mol. The van der Waals surface area contributed by atoms with E-state index in [1.165, 1.54) is 18.3 Å². The molecule has 0 bridgehead atoms. The van der Waals surface area contributed by atoms with Crippen LogP contribution in [0.3, 0.4) is 0 Å². The van der Waals surface area contributed by atoms with Gasteiger partial charge in [0.1, 0.15) is 0 Å². The lowest BCUT2D eigenvalue weighted by molar-refractivity contribution is -0.384. The lowest BCUT2D eigenvalue weighted by Gasteiger charge is -2.07. The van der Waals surface area contributed by atoms with Crippen molar-refractivity contribution in [1.82, 2.24) is 4.98 Å². The predicted octanol–water partition coefficient (Wildman–Crippen LogP) is 2.65. The van der Waals surface area contributed by atoms with Crippen LogP contribution in [-0.4, -0.2) is 29.0 Å². The van der Waals surface area contributed by atoms with Crippen LogP contribution in [0, 0.1) is 10.1 Å². The molecule has 22 heavy (non-hydrogen) atoms. The number of carbonyl (C=O) groups is 1. The molecule has 1 heterocycles. The maximum atomic E-state index is 11.7. The third kappa shape index (κ3) is 4.27. The van der Waals surface area contributed by atoms with Crippen molar-refractivity contribution in [2.45, 2.75) is 6.42 Å². The van der Waals surface area contributed by atoms with Crippen molar-refractivity contribution in [2.24, 2.45) is 0 Å². The number of nitrogens with one attached hydrogen (secondary N) is 1. The van der Waals surface area contributed by atoms with Crippen LogP contribution in [-0.2, 0) is 4.74 Å². The first-order valence-electron chi connectivity index (χ1n) is 6.74. The highest BCUT2D eigenvalue weighted by molar-refractivity contribution is 5.89. The average molecular weight is 301 g/mol. The average Bonchev–Trinajstić information content (AvgIpc) is 2.55. The fourth-order valence-electron chi connectivity index (χ4n) is 1.78. The van der Waals surface area contributed by atoms with Crippen LogP contribution < -0.4 is 5.32 Å². The second kappa shape index (κ2) is 7.72. The number of carbonyl (C=O) groups excluding carboxylic acids is 1. The molecule has 1 aromatic carbocycles. The van der Waals surface area contributed by atoms with Crippen molar-refractivity contribution in [3.63, 3.8) is 0 Å². The standard InChI is InChI=1S/C15H15N3O4/c19-15(12-6-2-1-3-7-12)22-11-5-10-17-14-13(18(20)21)8-4-9-16-14/h1-4,6-9H,5,10-11H2,(H,16,17). The minimum atomic E-state index is -0.495. The molecular weight excluding hydrogens is 286 g/mol. The lowest BCUT2D eigenvalue weighted by Crippen LogP contribution is -2.11. The van der Waals surface area contributed by atoms with Gasteiger partial charge in [-0.25, -0.2) is 9.78 Å². The number of esters is 1. The molecule has 114 valence electrons. The summed E-state index contributed by atoms with van der Waals surface area (Å²) in [6.45, 7) is 0.640. The maximum Gasteiger partial charge on any atom is 0.338 e. The van der Waals surface area contributed by atoms with Crippen molar-refractivity contribution in [2.75, 3.05) is 18.5 Å². The zero-order valence-corrected chi connectivity index (χ0v) is 11.8. The Labute approximate surface area is 127 Å². The van der Waals surface area contributed by atoms with Gasteiger partial charge < -0.3 is 10.1 Å². The third-order valence-corrected chi connectivity index (χ3v) is 2.84. The molecule has 0 unspecified atom stereocenters. The van der Waals surface area contributed by atoms with Gasteiger partial charge in [-0.2, -0.15) is 0 Å². The van der Waals surface area contributed by atoms with E-state index in [0.717, 1.165) is 0 Å². The molecule has 0 saturated heterocycles. The molecule has 0 atom stereocenters. The normalized spacial score (nSPS) is 10.0. The number of rotatable bonds is 7. The van der Waals surface area contributed by atoms with E-state index < -0.39 is 4.92 Å². The number of hydrogen-bond donors (Lipinski definition) is 1. The third-order valence-electron chi connectivity index (χ3n) is 2.84. The highest BCUT2D eigenvalue weighted by atomic mass is 16.6. The van der Waals surface area contributed by atoms with E-state index in [1.807, 2.05) is 6.07 Å². The molecule has 0 spiro atoms. The van der Waals surface area contributed by atoms with Crippen molar-refractivity contribution in [3.05, 3.63) is 64.3 Å². The Balaban J connectivity index is 1.74. The summed E-state index contributed by atoms with van der Waals surface area (Å²) in [5.74, 6) is -0.175. The van der Waals surface area contributed by atoms with Crippen LogP contribution in [0.4, 0.5) is 11.5 Å². The molecule has 0 aliphatic rings. The van der Waals surface area contributed by atoms with Gasteiger partial charge >= 0.3 is 11.7 Å². The van der Waals surface area contributed by atoms with Crippen molar-refractivity contribution >= 4 is 17.5 Å². The zero-order valence-electron chi connectivity index (χ0n) is 11.8. The number of nitrogens with zero attached hydrogens (tertiary/aromatic N) is 2. The molecule has 0 aliphatic heterocycles. The zero-order chi connectivity index (χ0) is 15.8. The minimum absolute atomic E-state index is 0.0798. The fraction of sp³-hybridized carbons (Fsp3) is 0.200. The van der Waals surface area contributed by atoms with Crippen molar-refractivity contribution in [3.8, 4) is 0 Å². The molecule has 7 nitrogen and oxygen atoms in total. The van der Waals surface area contributed by atoms with Crippen LogP contribution in [0.25, 0.3) is 0 Å². The van der Waals surface area contributed by atoms with Gasteiger partial charge in [-0.15, -0.1) is 0 Å². The second-order valence-corrected chi connectivity index (χ2v) is 4.41. The Morgan fingerprint density at radius 3 is 2.73 bits per heavy atom. The Kier molecular flexibility index (Phi) is 5.42. The summed E-state index contributed by atoms with van der Waals surface area (Å²) in [5.41, 5.74) is 0.416. The van der Waals surface area contributed by atoms with E-state index >= 15 is 0 Å². The van der Waals surface area contributed by atoms with Gasteiger partial charge in [0.2, 0.25) is 5.82 Å².